The van der Waals surface area contributed by atoms with Gasteiger partial charge in [-0.2, -0.15) is 0 Å². The van der Waals surface area contributed by atoms with Gasteiger partial charge in [0.25, 0.3) is 0 Å². The van der Waals surface area contributed by atoms with Crippen molar-refractivity contribution in [3.05, 3.63) is 47.4 Å². The predicted octanol–water partition coefficient (Wildman–Crippen LogP) is 4.37. The zero-order valence-electron chi connectivity index (χ0n) is 15.5. The lowest BCUT2D eigenvalue weighted by atomic mass is 9.80. The Kier molecular flexibility index (Phi) is 4.50. The standard InChI is InChI=1S/C20H25NO4/c1-13-11-20(2,3)21(18-15(13)7-6-8-16(18)23-4)12-14-9-10-17(25-14)19(22)24-5/h6-10,13H,11-12H2,1-5H3. The highest BCUT2D eigenvalue weighted by Gasteiger charge is 2.38. The fourth-order valence-electron chi connectivity index (χ4n) is 3.78. The minimum Gasteiger partial charge on any atom is -0.495 e. The van der Waals surface area contributed by atoms with E-state index in [-0.39, 0.29) is 11.3 Å². The van der Waals surface area contributed by atoms with Gasteiger partial charge in [-0.05, 0) is 49.9 Å². The maximum atomic E-state index is 11.6. The molecule has 1 unspecified atom stereocenters. The molecule has 5 nitrogen and oxygen atoms in total. The molecule has 1 aliphatic rings. The molecule has 3 rings (SSSR count). The number of para-hydroxylation sites is 1. The van der Waals surface area contributed by atoms with Crippen molar-refractivity contribution in [1.29, 1.82) is 0 Å². The molecule has 2 aromatic rings. The summed E-state index contributed by atoms with van der Waals surface area (Å²) in [6, 6.07) is 9.67. The number of methoxy groups -OCH3 is 2. The Morgan fingerprint density at radius 3 is 2.72 bits per heavy atom. The number of furan rings is 1. The second-order valence-electron chi connectivity index (χ2n) is 7.16. The maximum absolute atomic E-state index is 11.6. The smallest absolute Gasteiger partial charge is 0.373 e. The number of ether oxygens (including phenoxy) is 2. The number of nitrogens with zero attached hydrogens (tertiary/aromatic N) is 1. The third-order valence-electron chi connectivity index (χ3n) is 4.95. The molecule has 0 saturated carbocycles. The van der Waals surface area contributed by atoms with Crippen molar-refractivity contribution in [2.45, 2.75) is 45.2 Å². The van der Waals surface area contributed by atoms with Crippen LogP contribution in [0.5, 0.6) is 5.75 Å². The first-order valence-corrected chi connectivity index (χ1v) is 8.49. The molecule has 5 heteroatoms. The van der Waals surface area contributed by atoms with E-state index in [0.29, 0.717) is 12.5 Å². The van der Waals surface area contributed by atoms with Crippen molar-refractivity contribution < 1.29 is 18.7 Å². The number of fused-ring (bicyclic) bond motifs is 1. The summed E-state index contributed by atoms with van der Waals surface area (Å²) in [6.45, 7) is 7.26. The molecule has 0 N–H and O–H groups in total. The monoisotopic (exact) mass is 343 g/mol. The van der Waals surface area contributed by atoms with E-state index in [0.717, 1.165) is 23.6 Å². The topological polar surface area (TPSA) is 51.9 Å². The van der Waals surface area contributed by atoms with Crippen LogP contribution >= 0.6 is 0 Å². The van der Waals surface area contributed by atoms with Crippen molar-refractivity contribution in [3.63, 3.8) is 0 Å². The number of benzene rings is 1. The molecule has 1 aromatic heterocycles. The summed E-state index contributed by atoms with van der Waals surface area (Å²) in [5.41, 5.74) is 2.31. The van der Waals surface area contributed by atoms with E-state index in [1.807, 2.05) is 18.2 Å². The molecule has 25 heavy (non-hydrogen) atoms. The van der Waals surface area contributed by atoms with Crippen LogP contribution in [-0.2, 0) is 11.3 Å². The van der Waals surface area contributed by atoms with E-state index in [9.17, 15) is 4.79 Å². The maximum Gasteiger partial charge on any atom is 0.373 e. The van der Waals surface area contributed by atoms with Crippen LogP contribution in [0.25, 0.3) is 0 Å². The van der Waals surface area contributed by atoms with Gasteiger partial charge in [0.1, 0.15) is 11.5 Å². The fourth-order valence-corrected chi connectivity index (χ4v) is 3.78. The van der Waals surface area contributed by atoms with E-state index >= 15 is 0 Å². The van der Waals surface area contributed by atoms with Crippen LogP contribution in [-0.4, -0.2) is 25.7 Å². The number of anilines is 1. The summed E-state index contributed by atoms with van der Waals surface area (Å²) in [7, 11) is 3.04. The number of carbonyl (C=O) groups is 1. The summed E-state index contributed by atoms with van der Waals surface area (Å²) in [5, 5.41) is 0. The van der Waals surface area contributed by atoms with Gasteiger partial charge in [-0.25, -0.2) is 4.79 Å². The molecular weight excluding hydrogens is 318 g/mol. The van der Waals surface area contributed by atoms with Crippen LogP contribution < -0.4 is 9.64 Å². The molecule has 0 bridgehead atoms. The Hall–Kier alpha value is -2.43. The van der Waals surface area contributed by atoms with E-state index < -0.39 is 5.97 Å². The van der Waals surface area contributed by atoms with Crippen LogP contribution in [0, 0.1) is 0 Å². The van der Waals surface area contributed by atoms with Gasteiger partial charge in [-0.15, -0.1) is 0 Å². The van der Waals surface area contributed by atoms with Crippen LogP contribution in [0.3, 0.4) is 0 Å². The number of esters is 1. The summed E-state index contributed by atoms with van der Waals surface area (Å²) >= 11 is 0. The largest absolute Gasteiger partial charge is 0.495 e. The summed E-state index contributed by atoms with van der Waals surface area (Å²) in [4.78, 5) is 13.9. The second-order valence-corrected chi connectivity index (χ2v) is 7.16. The fraction of sp³-hybridized carbons (Fsp3) is 0.450. The van der Waals surface area contributed by atoms with Gasteiger partial charge < -0.3 is 18.8 Å². The number of hydrogen-bond donors (Lipinski definition) is 0. The lowest BCUT2D eigenvalue weighted by Gasteiger charge is -2.47. The molecule has 0 radical (unpaired) electrons. The summed E-state index contributed by atoms with van der Waals surface area (Å²) < 4.78 is 16.0. The van der Waals surface area contributed by atoms with Crippen LogP contribution in [0.2, 0.25) is 0 Å². The Labute approximate surface area is 148 Å². The molecule has 0 fully saturated rings. The van der Waals surface area contributed by atoms with Crippen molar-refractivity contribution in [3.8, 4) is 5.75 Å². The second kappa shape index (κ2) is 6.47. The van der Waals surface area contributed by atoms with Gasteiger partial charge in [0.2, 0.25) is 5.76 Å². The zero-order valence-corrected chi connectivity index (χ0v) is 15.5. The van der Waals surface area contributed by atoms with Gasteiger partial charge in [-0.3, -0.25) is 0 Å². The van der Waals surface area contributed by atoms with Crippen LogP contribution in [0.15, 0.2) is 34.7 Å². The number of rotatable bonds is 4. The highest BCUT2D eigenvalue weighted by atomic mass is 16.5. The van der Waals surface area contributed by atoms with E-state index in [2.05, 4.69) is 31.7 Å². The van der Waals surface area contributed by atoms with Crippen molar-refractivity contribution >= 4 is 11.7 Å². The zero-order chi connectivity index (χ0) is 18.2. The van der Waals surface area contributed by atoms with Gasteiger partial charge in [0.05, 0.1) is 26.5 Å². The van der Waals surface area contributed by atoms with Crippen molar-refractivity contribution in [2.24, 2.45) is 0 Å². The highest BCUT2D eigenvalue weighted by Crippen LogP contribution is 2.48. The van der Waals surface area contributed by atoms with Crippen molar-refractivity contribution in [2.75, 3.05) is 19.1 Å². The molecule has 0 spiro atoms. The average molecular weight is 343 g/mol. The normalized spacial score (nSPS) is 18.6. The van der Waals surface area contributed by atoms with Gasteiger partial charge in [-0.1, -0.05) is 19.1 Å². The molecule has 2 heterocycles. The Balaban J connectivity index is 2.01. The third-order valence-corrected chi connectivity index (χ3v) is 4.95. The molecule has 1 aromatic carbocycles. The molecular formula is C20H25NO4. The van der Waals surface area contributed by atoms with Gasteiger partial charge in [0.15, 0.2) is 0 Å². The Morgan fingerprint density at radius 2 is 2.04 bits per heavy atom. The average Bonchev–Trinajstić information content (AvgIpc) is 3.05. The minimum absolute atomic E-state index is 0.0702. The van der Waals surface area contributed by atoms with E-state index in [1.54, 1.807) is 13.2 Å². The Morgan fingerprint density at radius 1 is 1.28 bits per heavy atom. The third kappa shape index (κ3) is 3.11. The SMILES string of the molecule is COC(=O)c1ccc(CN2c3c(OC)cccc3C(C)CC2(C)C)o1. The molecule has 0 aliphatic carbocycles. The first-order chi connectivity index (χ1) is 11.9. The van der Waals surface area contributed by atoms with Crippen molar-refractivity contribution in [1.82, 2.24) is 0 Å². The Bertz CT molecular complexity index is 778. The van der Waals surface area contributed by atoms with E-state index in [1.165, 1.54) is 12.7 Å². The van der Waals surface area contributed by atoms with Crippen LogP contribution in [0.4, 0.5) is 5.69 Å². The van der Waals surface area contributed by atoms with Gasteiger partial charge in [0, 0.05) is 5.54 Å². The molecule has 1 aliphatic heterocycles. The lowest BCUT2D eigenvalue weighted by molar-refractivity contribution is 0.0563. The van der Waals surface area contributed by atoms with E-state index in [4.69, 9.17) is 13.9 Å². The molecule has 0 amide bonds. The lowest BCUT2D eigenvalue weighted by Crippen LogP contribution is -2.47. The first kappa shape index (κ1) is 17.4. The molecule has 0 saturated heterocycles. The minimum atomic E-state index is -0.462. The predicted molar refractivity (Wildman–Crippen MR) is 96.3 cm³/mol. The summed E-state index contributed by atoms with van der Waals surface area (Å²) in [6.07, 6.45) is 1.03. The number of carbonyl (C=O) groups excluding carboxylic acids is 1. The summed E-state index contributed by atoms with van der Waals surface area (Å²) in [5.74, 6) is 1.78. The molecule has 1 atom stereocenters. The van der Waals surface area contributed by atoms with Crippen LogP contribution in [0.1, 0.15) is 55.0 Å². The first-order valence-electron chi connectivity index (χ1n) is 8.49. The highest BCUT2D eigenvalue weighted by molar-refractivity contribution is 5.86. The quantitative estimate of drug-likeness (QED) is 0.772. The van der Waals surface area contributed by atoms with Gasteiger partial charge >= 0.3 is 5.97 Å². The number of hydrogen-bond acceptors (Lipinski definition) is 5. The molecule has 134 valence electrons.